The maximum atomic E-state index is 12.8. The summed E-state index contributed by atoms with van der Waals surface area (Å²) in [5.74, 6) is -0.134. The summed E-state index contributed by atoms with van der Waals surface area (Å²) in [7, 11) is 2.16. The fourth-order valence-corrected chi connectivity index (χ4v) is 3.70. The van der Waals surface area contributed by atoms with Gasteiger partial charge in [0.05, 0.1) is 0 Å². The van der Waals surface area contributed by atoms with Crippen molar-refractivity contribution in [3.63, 3.8) is 0 Å². The standard InChI is InChI=1S/C26H27N3O/c1-28-16-18-29(19-17-28)24-14-12-23(13-15-24)27-26(30)20-25(21-8-4-2-5-9-21)22-10-6-3-7-11-22/h2-15,20H,16-19H2,1H3,(H,27,30). The van der Waals surface area contributed by atoms with Crippen molar-refractivity contribution >= 4 is 22.9 Å². The first-order chi connectivity index (χ1) is 14.7. The van der Waals surface area contributed by atoms with Crippen molar-refractivity contribution in [3.8, 4) is 0 Å². The van der Waals surface area contributed by atoms with E-state index >= 15 is 0 Å². The topological polar surface area (TPSA) is 35.6 Å². The molecule has 1 aliphatic heterocycles. The van der Waals surface area contributed by atoms with Crippen molar-refractivity contribution in [2.75, 3.05) is 43.4 Å². The Balaban J connectivity index is 1.50. The Morgan fingerprint density at radius 3 is 1.83 bits per heavy atom. The molecule has 0 bridgehead atoms. The number of nitrogens with one attached hydrogen (secondary N) is 1. The molecule has 1 amide bonds. The molecule has 0 atom stereocenters. The first-order valence-corrected chi connectivity index (χ1v) is 10.4. The molecule has 152 valence electrons. The van der Waals surface area contributed by atoms with Crippen LogP contribution in [0.2, 0.25) is 0 Å². The molecule has 0 aliphatic carbocycles. The van der Waals surface area contributed by atoms with Gasteiger partial charge in [0.1, 0.15) is 0 Å². The zero-order valence-electron chi connectivity index (χ0n) is 17.3. The molecule has 3 aromatic rings. The Hall–Kier alpha value is -3.37. The van der Waals surface area contributed by atoms with Gasteiger partial charge in [0.25, 0.3) is 0 Å². The summed E-state index contributed by atoms with van der Waals surface area (Å²) in [6.07, 6.45) is 1.68. The van der Waals surface area contributed by atoms with Gasteiger partial charge >= 0.3 is 0 Å². The summed E-state index contributed by atoms with van der Waals surface area (Å²) in [6, 6.07) is 28.1. The maximum absolute atomic E-state index is 12.8. The zero-order chi connectivity index (χ0) is 20.8. The summed E-state index contributed by atoms with van der Waals surface area (Å²) in [4.78, 5) is 17.5. The molecule has 0 radical (unpaired) electrons. The van der Waals surface area contributed by atoms with Crippen molar-refractivity contribution in [2.24, 2.45) is 0 Å². The van der Waals surface area contributed by atoms with Crippen LogP contribution in [0.15, 0.2) is 91.0 Å². The van der Waals surface area contributed by atoms with Gasteiger partial charge in [-0.25, -0.2) is 0 Å². The third kappa shape index (κ3) is 4.97. The molecule has 1 aliphatic rings. The summed E-state index contributed by atoms with van der Waals surface area (Å²) in [6.45, 7) is 4.21. The van der Waals surface area contributed by atoms with Crippen molar-refractivity contribution < 1.29 is 4.79 Å². The second-order valence-electron chi connectivity index (χ2n) is 7.62. The minimum Gasteiger partial charge on any atom is -0.369 e. The Bertz CT molecular complexity index is 948. The number of likely N-dealkylation sites (N-methyl/N-ethyl adjacent to an activating group) is 1. The average molecular weight is 398 g/mol. The van der Waals surface area contributed by atoms with E-state index in [1.54, 1.807) is 6.08 Å². The van der Waals surface area contributed by atoms with Crippen LogP contribution in [0, 0.1) is 0 Å². The lowest BCUT2D eigenvalue weighted by molar-refractivity contribution is -0.111. The number of rotatable bonds is 5. The molecule has 0 saturated carbocycles. The molecule has 0 unspecified atom stereocenters. The fourth-order valence-electron chi connectivity index (χ4n) is 3.70. The second-order valence-corrected chi connectivity index (χ2v) is 7.62. The molecular formula is C26H27N3O. The van der Waals surface area contributed by atoms with Gasteiger partial charge in [-0.2, -0.15) is 0 Å². The van der Waals surface area contributed by atoms with Gasteiger partial charge in [0.2, 0.25) is 5.91 Å². The Morgan fingerprint density at radius 1 is 0.767 bits per heavy atom. The van der Waals surface area contributed by atoms with Crippen LogP contribution < -0.4 is 10.2 Å². The number of piperazine rings is 1. The Morgan fingerprint density at radius 2 is 1.30 bits per heavy atom. The van der Waals surface area contributed by atoms with Crippen molar-refractivity contribution in [1.82, 2.24) is 4.90 Å². The highest BCUT2D eigenvalue weighted by Gasteiger charge is 2.14. The van der Waals surface area contributed by atoms with Crippen LogP contribution in [0.5, 0.6) is 0 Å². The molecule has 4 heteroatoms. The highest BCUT2D eigenvalue weighted by molar-refractivity contribution is 6.06. The fraction of sp³-hybridized carbons (Fsp3) is 0.192. The van der Waals surface area contributed by atoms with Gasteiger partial charge in [0, 0.05) is 43.6 Å². The molecule has 3 aromatic carbocycles. The maximum Gasteiger partial charge on any atom is 0.249 e. The quantitative estimate of drug-likeness (QED) is 0.644. The first-order valence-electron chi connectivity index (χ1n) is 10.4. The van der Waals surface area contributed by atoms with Crippen molar-refractivity contribution in [1.29, 1.82) is 0 Å². The SMILES string of the molecule is CN1CCN(c2ccc(NC(=O)C=C(c3ccccc3)c3ccccc3)cc2)CC1. The van der Waals surface area contributed by atoms with Gasteiger partial charge in [-0.3, -0.25) is 4.79 Å². The van der Waals surface area contributed by atoms with E-state index in [1.807, 2.05) is 72.8 Å². The normalized spacial score (nSPS) is 14.2. The van der Waals surface area contributed by atoms with Crippen LogP contribution in [0.25, 0.3) is 5.57 Å². The van der Waals surface area contributed by atoms with Crippen molar-refractivity contribution in [3.05, 3.63) is 102 Å². The van der Waals surface area contributed by atoms with E-state index in [9.17, 15) is 4.79 Å². The average Bonchev–Trinajstić information content (AvgIpc) is 2.80. The highest BCUT2D eigenvalue weighted by Crippen LogP contribution is 2.24. The number of hydrogen-bond acceptors (Lipinski definition) is 3. The van der Waals surface area contributed by atoms with E-state index in [0.29, 0.717) is 0 Å². The van der Waals surface area contributed by atoms with E-state index < -0.39 is 0 Å². The molecule has 4 rings (SSSR count). The van der Waals surface area contributed by atoms with Gasteiger partial charge in [-0.1, -0.05) is 60.7 Å². The predicted octanol–water partition coefficient (Wildman–Crippen LogP) is 4.51. The zero-order valence-corrected chi connectivity index (χ0v) is 17.3. The molecule has 4 nitrogen and oxygen atoms in total. The minimum atomic E-state index is -0.134. The van der Waals surface area contributed by atoms with Crippen LogP contribution in [-0.4, -0.2) is 44.0 Å². The Kier molecular flexibility index (Phi) is 6.26. The molecule has 1 N–H and O–H groups in total. The van der Waals surface area contributed by atoms with Crippen LogP contribution in [0.1, 0.15) is 11.1 Å². The summed E-state index contributed by atoms with van der Waals surface area (Å²) >= 11 is 0. The lowest BCUT2D eigenvalue weighted by Gasteiger charge is -2.34. The largest absolute Gasteiger partial charge is 0.369 e. The number of carbonyl (C=O) groups is 1. The van der Waals surface area contributed by atoms with Crippen LogP contribution in [0.3, 0.4) is 0 Å². The number of hydrogen-bond donors (Lipinski definition) is 1. The monoisotopic (exact) mass is 397 g/mol. The van der Waals surface area contributed by atoms with Gasteiger partial charge in [0.15, 0.2) is 0 Å². The number of carbonyl (C=O) groups excluding carboxylic acids is 1. The van der Waals surface area contributed by atoms with E-state index in [1.165, 1.54) is 5.69 Å². The predicted molar refractivity (Wildman–Crippen MR) is 125 cm³/mol. The minimum absolute atomic E-state index is 0.134. The number of amides is 1. The van der Waals surface area contributed by atoms with Crippen LogP contribution >= 0.6 is 0 Å². The van der Waals surface area contributed by atoms with E-state index in [0.717, 1.165) is 48.6 Å². The second kappa shape index (κ2) is 9.42. The highest BCUT2D eigenvalue weighted by atomic mass is 16.1. The van der Waals surface area contributed by atoms with E-state index in [4.69, 9.17) is 0 Å². The third-order valence-corrected chi connectivity index (χ3v) is 5.45. The lowest BCUT2D eigenvalue weighted by Crippen LogP contribution is -2.44. The number of anilines is 2. The molecule has 0 spiro atoms. The van der Waals surface area contributed by atoms with Crippen LogP contribution in [0.4, 0.5) is 11.4 Å². The molecular weight excluding hydrogens is 370 g/mol. The molecule has 1 saturated heterocycles. The number of benzene rings is 3. The van der Waals surface area contributed by atoms with E-state index in [2.05, 4.69) is 34.3 Å². The van der Waals surface area contributed by atoms with Crippen LogP contribution in [-0.2, 0) is 4.79 Å². The van der Waals surface area contributed by atoms with Gasteiger partial charge in [-0.05, 0) is 48.0 Å². The first kappa shape index (κ1) is 19.9. The molecule has 1 heterocycles. The van der Waals surface area contributed by atoms with E-state index in [-0.39, 0.29) is 5.91 Å². The lowest BCUT2D eigenvalue weighted by atomic mass is 9.97. The smallest absolute Gasteiger partial charge is 0.249 e. The molecule has 0 aromatic heterocycles. The summed E-state index contributed by atoms with van der Waals surface area (Å²) in [5.41, 5.74) is 4.94. The third-order valence-electron chi connectivity index (χ3n) is 5.45. The number of nitrogens with zero attached hydrogens (tertiary/aromatic N) is 2. The van der Waals surface area contributed by atoms with Gasteiger partial charge < -0.3 is 15.1 Å². The molecule has 1 fully saturated rings. The molecule has 30 heavy (non-hydrogen) atoms. The summed E-state index contributed by atoms with van der Waals surface area (Å²) < 4.78 is 0. The van der Waals surface area contributed by atoms with Gasteiger partial charge in [-0.15, -0.1) is 0 Å². The summed E-state index contributed by atoms with van der Waals surface area (Å²) in [5, 5.41) is 3.01. The Labute approximate surface area is 178 Å². The van der Waals surface area contributed by atoms with Crippen molar-refractivity contribution in [2.45, 2.75) is 0 Å².